The van der Waals surface area contributed by atoms with Gasteiger partial charge in [0.15, 0.2) is 0 Å². The fourth-order valence-electron chi connectivity index (χ4n) is 3.98. The third-order valence-corrected chi connectivity index (χ3v) is 5.31. The van der Waals surface area contributed by atoms with E-state index in [0.29, 0.717) is 16.7 Å². The lowest BCUT2D eigenvalue weighted by Gasteiger charge is -2.15. The molecular weight excluding hydrogens is 378 g/mol. The van der Waals surface area contributed by atoms with Crippen LogP contribution in [0.15, 0.2) is 84.9 Å². The van der Waals surface area contributed by atoms with Gasteiger partial charge in [-0.3, -0.25) is 9.59 Å². The first-order valence-corrected chi connectivity index (χ1v) is 9.39. The van der Waals surface area contributed by atoms with Crippen LogP contribution in [0.3, 0.4) is 0 Å². The van der Waals surface area contributed by atoms with E-state index < -0.39 is 17.8 Å². The smallest absolute Gasteiger partial charge is 0.335 e. The number of aromatic carboxylic acids is 1. The van der Waals surface area contributed by atoms with Gasteiger partial charge in [0.1, 0.15) is 0 Å². The second kappa shape index (κ2) is 6.67. The molecule has 0 atom stereocenters. The van der Waals surface area contributed by atoms with Gasteiger partial charge in [-0.2, -0.15) is 0 Å². The molecule has 0 aromatic heterocycles. The molecule has 2 amide bonds. The van der Waals surface area contributed by atoms with Crippen molar-refractivity contribution in [2.24, 2.45) is 0 Å². The number of hydrogen-bond donors (Lipinski definition) is 1. The first kappa shape index (κ1) is 17.8. The summed E-state index contributed by atoms with van der Waals surface area (Å²) >= 11 is 0. The van der Waals surface area contributed by atoms with Crippen LogP contribution in [-0.2, 0) is 0 Å². The Hall–Kier alpha value is -4.25. The lowest BCUT2D eigenvalue weighted by atomic mass is 9.90. The highest BCUT2D eigenvalue weighted by Crippen LogP contribution is 2.40. The number of carboxylic acids is 1. The summed E-state index contributed by atoms with van der Waals surface area (Å²) < 4.78 is 0. The van der Waals surface area contributed by atoms with Gasteiger partial charge in [0, 0.05) is 5.56 Å². The molecule has 5 rings (SSSR count). The Morgan fingerprint density at radius 1 is 0.733 bits per heavy atom. The molecule has 1 aliphatic heterocycles. The van der Waals surface area contributed by atoms with Crippen molar-refractivity contribution in [2.75, 3.05) is 4.90 Å². The monoisotopic (exact) mass is 393 g/mol. The van der Waals surface area contributed by atoms with Crippen LogP contribution >= 0.6 is 0 Å². The Labute approximate surface area is 171 Å². The molecule has 1 N–H and O–H groups in total. The van der Waals surface area contributed by atoms with Gasteiger partial charge in [0.05, 0.1) is 22.4 Å². The van der Waals surface area contributed by atoms with Gasteiger partial charge in [-0.1, -0.05) is 60.7 Å². The van der Waals surface area contributed by atoms with Gasteiger partial charge in [0.2, 0.25) is 0 Å². The standard InChI is InChI=1S/C25H15NO4/c27-23-20-14-16-9-4-5-12-19(16)21(15-7-2-1-3-8-15)22(20)24(28)26(23)18-11-6-10-17(13-18)25(29)30/h1-14H,(H,29,30). The maximum Gasteiger partial charge on any atom is 0.335 e. The van der Waals surface area contributed by atoms with Crippen molar-refractivity contribution in [3.8, 4) is 11.1 Å². The first-order valence-electron chi connectivity index (χ1n) is 9.39. The van der Waals surface area contributed by atoms with Crippen LogP contribution in [0.5, 0.6) is 0 Å². The highest BCUT2D eigenvalue weighted by molar-refractivity contribution is 6.38. The Morgan fingerprint density at radius 2 is 1.47 bits per heavy atom. The summed E-state index contributed by atoms with van der Waals surface area (Å²) in [6.45, 7) is 0. The van der Waals surface area contributed by atoms with E-state index in [9.17, 15) is 19.5 Å². The number of carbonyl (C=O) groups is 3. The van der Waals surface area contributed by atoms with Gasteiger partial charge >= 0.3 is 5.97 Å². The number of amides is 2. The van der Waals surface area contributed by atoms with Gasteiger partial charge in [-0.25, -0.2) is 9.69 Å². The van der Waals surface area contributed by atoms with Crippen LogP contribution in [0, 0.1) is 0 Å². The summed E-state index contributed by atoms with van der Waals surface area (Å²) in [6, 6.07) is 24.7. The van der Waals surface area contributed by atoms with Crippen molar-refractivity contribution in [1.82, 2.24) is 0 Å². The molecule has 1 aliphatic rings. The van der Waals surface area contributed by atoms with E-state index >= 15 is 0 Å². The maximum absolute atomic E-state index is 13.5. The van der Waals surface area contributed by atoms with E-state index in [4.69, 9.17) is 0 Å². The Kier molecular flexibility index (Phi) is 3.96. The molecule has 4 aromatic rings. The number of hydrogen-bond acceptors (Lipinski definition) is 3. The van der Waals surface area contributed by atoms with E-state index in [1.54, 1.807) is 12.1 Å². The summed E-state index contributed by atoms with van der Waals surface area (Å²) in [5.74, 6) is -2.04. The van der Waals surface area contributed by atoms with E-state index in [1.165, 1.54) is 18.2 Å². The fraction of sp³-hybridized carbons (Fsp3) is 0. The van der Waals surface area contributed by atoms with Gasteiger partial charge in [0.25, 0.3) is 11.8 Å². The molecule has 0 aliphatic carbocycles. The predicted molar refractivity (Wildman–Crippen MR) is 114 cm³/mol. The lowest BCUT2D eigenvalue weighted by molar-refractivity contribution is 0.0695. The van der Waals surface area contributed by atoms with Crippen LogP contribution in [0.25, 0.3) is 21.9 Å². The zero-order valence-corrected chi connectivity index (χ0v) is 15.7. The molecule has 0 radical (unpaired) electrons. The summed E-state index contributed by atoms with van der Waals surface area (Å²) in [5, 5.41) is 11.0. The van der Waals surface area contributed by atoms with Gasteiger partial charge in [-0.15, -0.1) is 0 Å². The molecular formula is C25H15NO4. The van der Waals surface area contributed by atoms with Crippen LogP contribution in [-0.4, -0.2) is 22.9 Å². The largest absolute Gasteiger partial charge is 0.478 e. The number of anilines is 1. The number of benzene rings is 4. The number of carboxylic acid groups (broad SMARTS) is 1. The number of imide groups is 1. The second-order valence-electron chi connectivity index (χ2n) is 7.06. The molecule has 30 heavy (non-hydrogen) atoms. The predicted octanol–water partition coefficient (Wildman–Crippen LogP) is 5.01. The molecule has 0 bridgehead atoms. The third kappa shape index (κ3) is 2.60. The Bertz CT molecular complexity index is 1360. The molecule has 5 nitrogen and oxygen atoms in total. The maximum atomic E-state index is 13.5. The fourth-order valence-corrected chi connectivity index (χ4v) is 3.98. The normalized spacial score (nSPS) is 13.0. The molecule has 0 fully saturated rings. The Balaban J connectivity index is 1.78. The van der Waals surface area contributed by atoms with E-state index in [1.807, 2.05) is 54.6 Å². The van der Waals surface area contributed by atoms with Crippen LogP contribution in [0.2, 0.25) is 0 Å². The molecule has 0 spiro atoms. The SMILES string of the molecule is O=C(O)c1cccc(N2C(=O)c3cc4ccccc4c(-c4ccccc4)c3C2=O)c1. The van der Waals surface area contributed by atoms with E-state index in [-0.39, 0.29) is 11.3 Å². The molecule has 144 valence electrons. The number of nitrogens with zero attached hydrogens (tertiary/aromatic N) is 1. The van der Waals surface area contributed by atoms with Crippen molar-refractivity contribution in [1.29, 1.82) is 0 Å². The van der Waals surface area contributed by atoms with Crippen molar-refractivity contribution in [2.45, 2.75) is 0 Å². The number of rotatable bonds is 3. The van der Waals surface area contributed by atoms with Crippen molar-refractivity contribution in [3.05, 3.63) is 102 Å². The topological polar surface area (TPSA) is 74.7 Å². The summed E-state index contributed by atoms with van der Waals surface area (Å²) in [4.78, 5) is 39.2. The minimum atomic E-state index is -1.12. The van der Waals surface area contributed by atoms with Gasteiger partial charge < -0.3 is 5.11 Å². The number of fused-ring (bicyclic) bond motifs is 2. The molecule has 5 heteroatoms. The quantitative estimate of drug-likeness (QED) is 0.497. The van der Waals surface area contributed by atoms with Crippen LogP contribution in [0.1, 0.15) is 31.1 Å². The number of carbonyl (C=O) groups excluding carboxylic acids is 2. The minimum Gasteiger partial charge on any atom is -0.478 e. The molecule has 0 saturated heterocycles. The van der Waals surface area contributed by atoms with Gasteiger partial charge in [-0.05, 0) is 40.6 Å². The highest BCUT2D eigenvalue weighted by Gasteiger charge is 2.39. The van der Waals surface area contributed by atoms with Crippen LogP contribution < -0.4 is 4.90 Å². The molecule has 1 heterocycles. The zero-order chi connectivity index (χ0) is 20.8. The summed E-state index contributed by atoms with van der Waals surface area (Å²) in [7, 11) is 0. The zero-order valence-electron chi connectivity index (χ0n) is 15.7. The lowest BCUT2D eigenvalue weighted by Crippen LogP contribution is -2.29. The average molecular weight is 393 g/mol. The van der Waals surface area contributed by atoms with Crippen molar-refractivity contribution < 1.29 is 19.5 Å². The van der Waals surface area contributed by atoms with Crippen molar-refractivity contribution >= 4 is 34.2 Å². The Morgan fingerprint density at radius 3 is 2.23 bits per heavy atom. The second-order valence-corrected chi connectivity index (χ2v) is 7.06. The summed E-state index contributed by atoms with van der Waals surface area (Å²) in [5.41, 5.74) is 2.46. The molecule has 0 saturated carbocycles. The van der Waals surface area contributed by atoms with E-state index in [0.717, 1.165) is 21.2 Å². The van der Waals surface area contributed by atoms with Crippen LogP contribution in [0.4, 0.5) is 5.69 Å². The van der Waals surface area contributed by atoms with Crippen molar-refractivity contribution in [3.63, 3.8) is 0 Å². The highest BCUT2D eigenvalue weighted by atomic mass is 16.4. The molecule has 4 aromatic carbocycles. The first-order chi connectivity index (χ1) is 14.6. The van der Waals surface area contributed by atoms with E-state index in [2.05, 4.69) is 0 Å². The minimum absolute atomic E-state index is 0.0116. The third-order valence-electron chi connectivity index (χ3n) is 5.31. The molecule has 0 unspecified atom stereocenters. The average Bonchev–Trinajstić information content (AvgIpc) is 3.02. The summed E-state index contributed by atoms with van der Waals surface area (Å²) in [6.07, 6.45) is 0.